The van der Waals surface area contributed by atoms with E-state index in [1.165, 1.54) is 9.75 Å². The minimum atomic E-state index is 0.0733. The second-order valence-electron chi connectivity index (χ2n) is 7.24. The Balaban J connectivity index is 1.24. The van der Waals surface area contributed by atoms with Gasteiger partial charge in [0.2, 0.25) is 5.91 Å². The molecule has 0 bridgehead atoms. The number of hydrogen-bond acceptors (Lipinski definition) is 5. The average molecular weight is 350 g/mol. The molecule has 3 aliphatic rings. The summed E-state index contributed by atoms with van der Waals surface area (Å²) in [6, 6.07) is 4.42. The van der Waals surface area contributed by atoms with E-state index in [1.807, 2.05) is 11.3 Å². The fraction of sp³-hybridized carbons (Fsp3) is 0.722. The Morgan fingerprint density at radius 3 is 2.96 bits per heavy atom. The number of hydroxylamine groups is 2. The zero-order valence-corrected chi connectivity index (χ0v) is 15.1. The van der Waals surface area contributed by atoms with E-state index in [4.69, 9.17) is 9.57 Å². The van der Waals surface area contributed by atoms with Crippen molar-refractivity contribution in [1.29, 1.82) is 0 Å². The van der Waals surface area contributed by atoms with Gasteiger partial charge in [-0.2, -0.15) is 0 Å². The highest BCUT2D eigenvalue weighted by Gasteiger charge is 2.42. The lowest BCUT2D eigenvalue weighted by Crippen LogP contribution is -2.37. The molecule has 6 heteroatoms. The van der Waals surface area contributed by atoms with Gasteiger partial charge in [0.25, 0.3) is 0 Å². The summed E-state index contributed by atoms with van der Waals surface area (Å²) < 4.78 is 6.18. The molecule has 24 heavy (non-hydrogen) atoms. The van der Waals surface area contributed by atoms with E-state index in [9.17, 15) is 4.79 Å². The number of thiophene rings is 1. The van der Waals surface area contributed by atoms with E-state index in [0.717, 1.165) is 45.4 Å². The van der Waals surface area contributed by atoms with Crippen molar-refractivity contribution in [2.24, 2.45) is 5.92 Å². The zero-order chi connectivity index (χ0) is 16.5. The molecule has 0 N–H and O–H groups in total. The summed E-state index contributed by atoms with van der Waals surface area (Å²) in [4.78, 5) is 23.0. The first-order valence-corrected chi connectivity index (χ1v) is 9.85. The Labute approximate surface area is 147 Å². The first-order chi connectivity index (χ1) is 11.7. The van der Waals surface area contributed by atoms with Gasteiger partial charge in [0.15, 0.2) is 0 Å². The predicted octanol–water partition coefficient (Wildman–Crippen LogP) is 2.59. The van der Waals surface area contributed by atoms with Crippen LogP contribution in [0.3, 0.4) is 0 Å². The molecular weight excluding hydrogens is 324 g/mol. The van der Waals surface area contributed by atoms with Crippen molar-refractivity contribution in [3.05, 3.63) is 21.9 Å². The van der Waals surface area contributed by atoms with Crippen LogP contribution in [0.2, 0.25) is 0 Å². The Morgan fingerprint density at radius 1 is 1.33 bits per heavy atom. The van der Waals surface area contributed by atoms with Gasteiger partial charge in [-0.05, 0) is 38.3 Å². The Kier molecular flexibility index (Phi) is 4.90. The minimum Gasteiger partial charge on any atom is -0.373 e. The normalized spacial score (nSPS) is 30.7. The van der Waals surface area contributed by atoms with Crippen molar-refractivity contribution in [3.63, 3.8) is 0 Å². The van der Waals surface area contributed by atoms with Gasteiger partial charge in [-0.1, -0.05) is 0 Å². The van der Waals surface area contributed by atoms with Gasteiger partial charge < -0.3 is 4.74 Å². The van der Waals surface area contributed by atoms with Gasteiger partial charge in [0.05, 0.1) is 25.2 Å². The lowest BCUT2D eigenvalue weighted by atomic mass is 10.0. The maximum atomic E-state index is 12.3. The predicted molar refractivity (Wildman–Crippen MR) is 92.6 cm³/mol. The zero-order valence-electron chi connectivity index (χ0n) is 14.3. The second-order valence-corrected chi connectivity index (χ2v) is 8.61. The van der Waals surface area contributed by atoms with E-state index < -0.39 is 0 Å². The quantitative estimate of drug-likeness (QED) is 0.837. The molecule has 0 spiro atoms. The molecule has 0 unspecified atom stereocenters. The van der Waals surface area contributed by atoms with Gasteiger partial charge in [-0.3, -0.25) is 14.5 Å². The molecule has 4 heterocycles. The van der Waals surface area contributed by atoms with Crippen molar-refractivity contribution in [2.75, 3.05) is 26.2 Å². The van der Waals surface area contributed by atoms with Gasteiger partial charge in [-0.25, -0.2) is 5.06 Å². The van der Waals surface area contributed by atoms with Crippen LogP contribution in [-0.4, -0.2) is 54.3 Å². The summed E-state index contributed by atoms with van der Waals surface area (Å²) in [7, 11) is 0. The number of nitrogens with zero attached hydrogens (tertiary/aromatic N) is 2. The molecule has 0 radical (unpaired) electrons. The van der Waals surface area contributed by atoms with Crippen molar-refractivity contribution in [3.8, 4) is 0 Å². The number of carbonyl (C=O) groups is 1. The first-order valence-electron chi connectivity index (χ1n) is 9.04. The largest absolute Gasteiger partial charge is 0.373 e. The number of rotatable bonds is 4. The summed E-state index contributed by atoms with van der Waals surface area (Å²) in [6.07, 6.45) is 3.93. The molecule has 4 rings (SSSR count). The molecule has 3 fully saturated rings. The Bertz CT molecular complexity index is 571. The lowest BCUT2D eigenvalue weighted by molar-refractivity contribution is -0.199. The molecule has 5 nitrogen and oxygen atoms in total. The number of fused-ring (bicyclic) bond motifs is 1. The molecule has 3 aliphatic heterocycles. The second kappa shape index (κ2) is 7.12. The van der Waals surface area contributed by atoms with Crippen LogP contribution < -0.4 is 0 Å². The topological polar surface area (TPSA) is 42.0 Å². The minimum absolute atomic E-state index is 0.0733. The van der Waals surface area contributed by atoms with Crippen LogP contribution in [-0.2, 0) is 20.9 Å². The van der Waals surface area contributed by atoms with Crippen molar-refractivity contribution < 1.29 is 14.4 Å². The summed E-state index contributed by atoms with van der Waals surface area (Å²) >= 11 is 1.88. The van der Waals surface area contributed by atoms with Gasteiger partial charge in [0, 0.05) is 41.9 Å². The molecule has 0 aromatic carbocycles. The monoisotopic (exact) mass is 350 g/mol. The van der Waals surface area contributed by atoms with Gasteiger partial charge in [-0.15, -0.1) is 11.3 Å². The van der Waals surface area contributed by atoms with E-state index in [-0.39, 0.29) is 12.0 Å². The highest BCUT2D eigenvalue weighted by molar-refractivity contribution is 7.11. The van der Waals surface area contributed by atoms with Crippen LogP contribution in [0.4, 0.5) is 0 Å². The summed E-state index contributed by atoms with van der Waals surface area (Å²) in [6.45, 7) is 6.66. The SMILES string of the molecule is Cc1ccc(CN2C[C@@H]3C[C@@H](CC(=O)N4CCCCO4)O[C@@H]3C2)s1. The van der Waals surface area contributed by atoms with Crippen LogP contribution in [0.5, 0.6) is 0 Å². The molecular formula is C18H26N2O3S. The Hall–Kier alpha value is -0.950. The third-order valence-corrected chi connectivity index (χ3v) is 6.23. The molecule has 3 saturated heterocycles. The summed E-state index contributed by atoms with van der Waals surface area (Å²) in [5.41, 5.74) is 0. The maximum Gasteiger partial charge on any atom is 0.248 e. The molecule has 0 saturated carbocycles. The standard InChI is InChI=1S/C18H26N2O3S/c1-13-4-5-16(24-13)11-19-10-14-8-15(23-17(14)12-19)9-18(21)20-6-2-3-7-22-20/h4-5,14-15,17H,2-3,6-12H2,1H3/t14-,15-,17+/m0/s1. The molecule has 132 valence electrons. The molecule has 1 aromatic rings. The highest BCUT2D eigenvalue weighted by Crippen LogP contribution is 2.35. The average Bonchev–Trinajstić information content (AvgIpc) is 3.23. The van der Waals surface area contributed by atoms with Crippen LogP contribution in [0.25, 0.3) is 0 Å². The fourth-order valence-electron chi connectivity index (χ4n) is 4.09. The molecule has 1 aromatic heterocycles. The van der Waals surface area contributed by atoms with E-state index in [1.54, 1.807) is 5.06 Å². The number of ether oxygens (including phenoxy) is 1. The van der Waals surface area contributed by atoms with Crippen LogP contribution >= 0.6 is 11.3 Å². The van der Waals surface area contributed by atoms with E-state index in [2.05, 4.69) is 24.0 Å². The lowest BCUT2D eigenvalue weighted by Gasteiger charge is -2.27. The molecule has 3 atom stereocenters. The van der Waals surface area contributed by atoms with Gasteiger partial charge in [0.1, 0.15) is 0 Å². The summed E-state index contributed by atoms with van der Waals surface area (Å²) in [5, 5.41) is 1.55. The molecule has 1 amide bonds. The fourth-order valence-corrected chi connectivity index (χ4v) is 5.02. The number of carbonyl (C=O) groups excluding carboxylic acids is 1. The third kappa shape index (κ3) is 3.67. The van der Waals surface area contributed by atoms with Crippen LogP contribution in [0.1, 0.15) is 35.4 Å². The van der Waals surface area contributed by atoms with E-state index in [0.29, 0.717) is 25.0 Å². The smallest absolute Gasteiger partial charge is 0.248 e. The van der Waals surface area contributed by atoms with Crippen molar-refractivity contribution >= 4 is 17.2 Å². The van der Waals surface area contributed by atoms with E-state index >= 15 is 0 Å². The van der Waals surface area contributed by atoms with Crippen molar-refractivity contribution in [2.45, 2.75) is 51.4 Å². The number of aryl methyl sites for hydroxylation is 1. The number of hydrogen-bond donors (Lipinski definition) is 0. The Morgan fingerprint density at radius 2 is 2.25 bits per heavy atom. The number of likely N-dealkylation sites (tertiary alicyclic amines) is 1. The van der Waals surface area contributed by atoms with Crippen LogP contribution in [0, 0.1) is 12.8 Å². The summed E-state index contributed by atoms with van der Waals surface area (Å²) in [5.74, 6) is 0.664. The molecule has 0 aliphatic carbocycles. The van der Waals surface area contributed by atoms with Crippen molar-refractivity contribution in [1.82, 2.24) is 9.96 Å². The number of amides is 1. The van der Waals surface area contributed by atoms with Crippen LogP contribution in [0.15, 0.2) is 12.1 Å². The van der Waals surface area contributed by atoms with Gasteiger partial charge >= 0.3 is 0 Å². The first kappa shape index (κ1) is 16.5. The third-order valence-electron chi connectivity index (χ3n) is 5.25. The maximum absolute atomic E-state index is 12.3. The highest BCUT2D eigenvalue weighted by atomic mass is 32.1.